The smallest absolute Gasteiger partial charge is 0.349 e. The Hall–Kier alpha value is -5.54. The fourth-order valence-corrected chi connectivity index (χ4v) is 9.07. The topological polar surface area (TPSA) is 152 Å². The summed E-state index contributed by atoms with van der Waals surface area (Å²) in [4.78, 5) is 63.7. The first kappa shape index (κ1) is 37.4. The molecule has 0 aromatic heterocycles. The van der Waals surface area contributed by atoms with Crippen molar-refractivity contribution in [3.63, 3.8) is 0 Å². The van der Waals surface area contributed by atoms with E-state index in [1.165, 1.54) is 12.1 Å². The van der Waals surface area contributed by atoms with Crippen LogP contribution < -0.4 is 9.80 Å². The predicted octanol–water partition coefficient (Wildman–Crippen LogP) is 7.95. The number of nitrogens with zero attached hydrogens (tertiary/aromatic N) is 6. The van der Waals surface area contributed by atoms with Crippen molar-refractivity contribution in [3.8, 4) is 0 Å². The number of halogens is 2. The summed E-state index contributed by atoms with van der Waals surface area (Å²) in [6.45, 7) is 2.67. The van der Waals surface area contributed by atoms with Crippen molar-refractivity contribution in [1.29, 1.82) is 0 Å². The maximum Gasteiger partial charge on any atom is 0.349 e. The molecule has 2 fully saturated rings. The monoisotopic (exact) mass is 798 g/mol. The first-order chi connectivity index (χ1) is 26.9. The molecule has 0 bridgehead atoms. The van der Waals surface area contributed by atoms with Crippen LogP contribution in [-0.2, 0) is 30.1 Å². The van der Waals surface area contributed by atoms with Gasteiger partial charge in [-0.3, -0.25) is 20.2 Å². The zero-order chi connectivity index (χ0) is 39.2. The normalized spacial score (nSPS) is 18.6. The van der Waals surface area contributed by atoms with Gasteiger partial charge in [0.1, 0.15) is 11.4 Å². The molecule has 0 atom stereocenters. The molecular weight excluding hydrogens is 763 g/mol. The third-order valence-corrected chi connectivity index (χ3v) is 11.9. The van der Waals surface area contributed by atoms with Crippen LogP contribution in [0.1, 0.15) is 36.8 Å². The van der Waals surface area contributed by atoms with Gasteiger partial charge in [-0.1, -0.05) is 59.6 Å². The zero-order valence-corrected chi connectivity index (χ0v) is 31.5. The third-order valence-electron chi connectivity index (χ3n) is 11.5. The lowest BCUT2D eigenvalue weighted by molar-refractivity contribution is -0.384. The van der Waals surface area contributed by atoms with Gasteiger partial charge in [-0.25, -0.2) is 9.59 Å². The molecule has 2 saturated heterocycles. The number of anilines is 4. The van der Waals surface area contributed by atoms with Gasteiger partial charge < -0.3 is 19.5 Å². The Bertz CT molecular complexity index is 2110. The second kappa shape index (κ2) is 14.8. The molecule has 0 unspecified atom stereocenters. The van der Waals surface area contributed by atoms with Gasteiger partial charge in [0.05, 0.1) is 9.85 Å². The van der Waals surface area contributed by atoms with Crippen molar-refractivity contribution in [2.24, 2.45) is 0 Å². The molecule has 4 aromatic carbocycles. The molecule has 0 aliphatic carbocycles. The van der Waals surface area contributed by atoms with Crippen molar-refractivity contribution in [3.05, 3.63) is 138 Å². The maximum atomic E-state index is 12.8. The van der Waals surface area contributed by atoms with E-state index in [2.05, 4.69) is 0 Å². The number of carbonyl (C=O) groups is 2. The molecule has 8 rings (SSSR count). The van der Waals surface area contributed by atoms with Gasteiger partial charge >= 0.3 is 11.9 Å². The summed E-state index contributed by atoms with van der Waals surface area (Å²) < 4.78 is 0. The molecule has 0 N–H and O–H groups in total. The van der Waals surface area contributed by atoms with E-state index in [1.807, 2.05) is 46.2 Å². The molecule has 0 radical (unpaired) electrons. The number of fused-ring (bicyclic) bond motifs is 4. The first-order valence-electron chi connectivity index (χ1n) is 18.2. The summed E-state index contributed by atoms with van der Waals surface area (Å²) in [7, 11) is 0. The highest BCUT2D eigenvalue weighted by Crippen LogP contribution is 2.53. The fourth-order valence-electron chi connectivity index (χ4n) is 8.74. The third kappa shape index (κ3) is 6.93. The van der Waals surface area contributed by atoms with Gasteiger partial charge in [0, 0.05) is 95.8 Å². The van der Waals surface area contributed by atoms with Crippen LogP contribution in [-0.4, -0.2) is 71.2 Å². The minimum atomic E-state index is -0.716. The number of para-hydroxylation sites is 4. The van der Waals surface area contributed by atoms with E-state index in [0.717, 1.165) is 34.7 Å². The number of hydroxylamine groups is 4. The van der Waals surface area contributed by atoms with E-state index in [4.69, 9.17) is 32.9 Å². The lowest BCUT2D eigenvalue weighted by Gasteiger charge is -2.38. The van der Waals surface area contributed by atoms with Crippen molar-refractivity contribution in [2.45, 2.75) is 36.5 Å². The summed E-state index contributed by atoms with van der Waals surface area (Å²) in [6.07, 6.45) is 4.56. The lowest BCUT2D eigenvalue weighted by Crippen LogP contribution is -2.45. The highest BCUT2D eigenvalue weighted by Gasteiger charge is 2.48. The minimum absolute atomic E-state index is 0.00643. The molecule has 56 heavy (non-hydrogen) atoms. The van der Waals surface area contributed by atoms with E-state index in [1.54, 1.807) is 46.5 Å². The van der Waals surface area contributed by atoms with Crippen molar-refractivity contribution in [1.82, 2.24) is 10.1 Å². The quantitative estimate of drug-likeness (QED) is 0.0966. The fraction of sp³-hybridized carbons (Fsp3) is 0.300. The van der Waals surface area contributed by atoms with Crippen LogP contribution in [0.15, 0.2) is 97.1 Å². The number of nitro benzene ring substituents is 2. The minimum Gasteiger partial charge on any atom is -0.364 e. The molecule has 288 valence electrons. The Labute approximate surface area is 331 Å². The second-order valence-corrected chi connectivity index (χ2v) is 15.4. The van der Waals surface area contributed by atoms with E-state index in [0.29, 0.717) is 86.4 Å². The second-order valence-electron chi connectivity index (χ2n) is 14.6. The molecule has 2 spiro atoms. The summed E-state index contributed by atoms with van der Waals surface area (Å²) in [5, 5.41) is 27.9. The highest BCUT2D eigenvalue weighted by molar-refractivity contribution is 6.31. The van der Waals surface area contributed by atoms with Crippen molar-refractivity contribution in [2.75, 3.05) is 49.1 Å². The van der Waals surface area contributed by atoms with Crippen molar-refractivity contribution < 1.29 is 29.1 Å². The van der Waals surface area contributed by atoms with Crippen LogP contribution in [0.5, 0.6) is 0 Å². The van der Waals surface area contributed by atoms with Gasteiger partial charge in [0.25, 0.3) is 11.4 Å². The van der Waals surface area contributed by atoms with E-state index >= 15 is 0 Å². The van der Waals surface area contributed by atoms with Crippen LogP contribution in [0.25, 0.3) is 0 Å². The first-order valence-corrected chi connectivity index (χ1v) is 18.9. The highest BCUT2D eigenvalue weighted by atomic mass is 35.5. The van der Waals surface area contributed by atoms with Gasteiger partial charge in [0.15, 0.2) is 0 Å². The standard InChI is InChI=1S/C40H36Cl2N6O8/c41-27-9-11-29-35(23-27)45(31-5-1-3-7-33(31)47(51)52)25-39(29)15-19-43(20-16-39)55-37(49)13-14-38(50)56-44-21-17-40(18-22-44)26-46(36-24-28(42)10-12-30(36)40)32-6-2-4-8-34(32)48(53)54/h1-14,23-24H,15-22,25-26H2/b14-13-. The Kier molecular flexibility index (Phi) is 9.91. The number of piperidine rings is 2. The number of hydrogen-bond donors (Lipinski definition) is 0. The summed E-state index contributed by atoms with van der Waals surface area (Å²) >= 11 is 12.8. The van der Waals surface area contributed by atoms with Crippen LogP contribution >= 0.6 is 23.2 Å². The molecule has 0 amide bonds. The maximum absolute atomic E-state index is 12.8. The Morgan fingerprint density at radius 1 is 0.589 bits per heavy atom. The van der Waals surface area contributed by atoms with Crippen LogP contribution in [0, 0.1) is 20.2 Å². The van der Waals surface area contributed by atoms with Gasteiger partial charge in [0.2, 0.25) is 0 Å². The Morgan fingerprint density at radius 2 is 0.964 bits per heavy atom. The van der Waals surface area contributed by atoms with Gasteiger partial charge in [-0.05, 0) is 73.2 Å². The molecule has 4 heterocycles. The lowest BCUT2D eigenvalue weighted by atomic mass is 9.74. The SMILES string of the molecule is O=C(/C=C\C(=O)ON1CCC2(CC1)CN(c1ccccc1[N+](=O)[O-])c1cc(Cl)ccc12)ON1CCC2(CC1)CN(c1ccccc1[N+](=O)[O-])c1cc(Cl)ccc12. The van der Waals surface area contributed by atoms with E-state index < -0.39 is 11.9 Å². The summed E-state index contributed by atoms with van der Waals surface area (Å²) in [6, 6.07) is 24.5. The number of rotatable bonds is 8. The van der Waals surface area contributed by atoms with Gasteiger partial charge in [-0.2, -0.15) is 0 Å². The number of hydrogen-bond acceptors (Lipinski definition) is 12. The molecule has 4 aliphatic heterocycles. The average molecular weight is 800 g/mol. The van der Waals surface area contributed by atoms with Crippen molar-refractivity contribution >= 4 is 69.3 Å². The number of benzene rings is 4. The molecular formula is C40H36Cl2N6O8. The molecule has 4 aliphatic rings. The molecule has 14 nitrogen and oxygen atoms in total. The van der Waals surface area contributed by atoms with Crippen LogP contribution in [0.2, 0.25) is 10.0 Å². The Morgan fingerprint density at radius 3 is 1.34 bits per heavy atom. The summed E-state index contributed by atoms with van der Waals surface area (Å²) in [5.74, 6) is -1.43. The molecule has 0 saturated carbocycles. The largest absolute Gasteiger partial charge is 0.364 e. The van der Waals surface area contributed by atoms with Crippen LogP contribution in [0.3, 0.4) is 0 Å². The molecule has 4 aromatic rings. The van der Waals surface area contributed by atoms with Crippen LogP contribution in [0.4, 0.5) is 34.1 Å². The molecule has 16 heteroatoms. The zero-order valence-electron chi connectivity index (χ0n) is 30.0. The van der Waals surface area contributed by atoms with Gasteiger partial charge in [-0.15, -0.1) is 10.1 Å². The average Bonchev–Trinajstić information content (AvgIpc) is 3.67. The van der Waals surface area contributed by atoms with E-state index in [9.17, 15) is 29.8 Å². The van der Waals surface area contributed by atoms with E-state index in [-0.39, 0.29) is 32.1 Å². The number of nitro groups is 2. The Balaban J connectivity index is 0.860. The number of carbonyl (C=O) groups excluding carboxylic acids is 2. The predicted molar refractivity (Wildman–Crippen MR) is 209 cm³/mol. The summed E-state index contributed by atoms with van der Waals surface area (Å²) in [5.41, 5.74) is 4.03.